The highest BCUT2D eigenvalue weighted by atomic mass is 16.3. The molecule has 0 saturated carbocycles. The van der Waals surface area contributed by atoms with Gasteiger partial charge in [0, 0.05) is 0 Å². The fourth-order valence-corrected chi connectivity index (χ4v) is 2.55. The Labute approximate surface area is 128 Å². The van der Waals surface area contributed by atoms with Gasteiger partial charge in [0.15, 0.2) is 0 Å². The fourth-order valence-electron chi connectivity index (χ4n) is 2.55. The second-order valence-electron chi connectivity index (χ2n) is 6.85. The minimum atomic E-state index is -0.390. The van der Waals surface area contributed by atoms with Gasteiger partial charge in [0.2, 0.25) is 0 Å². The molecular formula is C20H26O. The topological polar surface area (TPSA) is 20.2 Å². The zero-order valence-electron chi connectivity index (χ0n) is 13.6. The maximum Gasteiger partial charge on any atom is 0.0793 e. The third-order valence-electron chi connectivity index (χ3n) is 4.11. The predicted molar refractivity (Wildman–Crippen MR) is 89.6 cm³/mol. The lowest BCUT2D eigenvalue weighted by atomic mass is 9.86. The van der Waals surface area contributed by atoms with Crippen LogP contribution >= 0.6 is 0 Å². The Morgan fingerprint density at radius 3 is 2.14 bits per heavy atom. The van der Waals surface area contributed by atoms with Crippen molar-refractivity contribution in [1.29, 1.82) is 0 Å². The zero-order chi connectivity index (χ0) is 15.5. The van der Waals surface area contributed by atoms with Crippen molar-refractivity contribution in [3.05, 3.63) is 70.8 Å². The molecule has 0 aromatic heterocycles. The van der Waals surface area contributed by atoms with Gasteiger partial charge < -0.3 is 5.11 Å². The van der Waals surface area contributed by atoms with Crippen LogP contribution in [0.3, 0.4) is 0 Å². The van der Waals surface area contributed by atoms with E-state index in [0.717, 1.165) is 18.4 Å². The molecule has 0 heterocycles. The zero-order valence-corrected chi connectivity index (χ0v) is 13.6. The minimum absolute atomic E-state index is 0.157. The molecule has 2 aromatic rings. The molecule has 1 unspecified atom stereocenters. The van der Waals surface area contributed by atoms with Crippen molar-refractivity contribution in [3.8, 4) is 0 Å². The lowest BCUT2D eigenvalue weighted by Gasteiger charge is -2.20. The van der Waals surface area contributed by atoms with Crippen molar-refractivity contribution in [2.45, 2.75) is 52.1 Å². The van der Waals surface area contributed by atoms with E-state index >= 15 is 0 Å². The van der Waals surface area contributed by atoms with Gasteiger partial charge in [0.25, 0.3) is 0 Å². The lowest BCUT2D eigenvalue weighted by Crippen LogP contribution is -2.11. The van der Waals surface area contributed by atoms with E-state index in [4.69, 9.17) is 0 Å². The molecule has 0 aliphatic rings. The van der Waals surface area contributed by atoms with Crippen molar-refractivity contribution >= 4 is 0 Å². The summed E-state index contributed by atoms with van der Waals surface area (Å²) >= 11 is 0. The van der Waals surface area contributed by atoms with Crippen LogP contribution in [0, 0.1) is 6.92 Å². The van der Waals surface area contributed by atoms with Crippen LogP contribution in [-0.4, -0.2) is 5.11 Å². The van der Waals surface area contributed by atoms with Crippen LogP contribution in [0.1, 0.15) is 55.5 Å². The average molecular weight is 282 g/mol. The molecule has 2 aromatic carbocycles. The minimum Gasteiger partial charge on any atom is -0.388 e. The monoisotopic (exact) mass is 282 g/mol. The summed E-state index contributed by atoms with van der Waals surface area (Å²) in [4.78, 5) is 0. The summed E-state index contributed by atoms with van der Waals surface area (Å²) in [5, 5.41) is 10.4. The first kappa shape index (κ1) is 15.8. The molecule has 1 atom stereocenters. The first-order chi connectivity index (χ1) is 9.88. The van der Waals surface area contributed by atoms with Crippen LogP contribution in [0.2, 0.25) is 0 Å². The summed E-state index contributed by atoms with van der Waals surface area (Å²) in [5.74, 6) is 0. The molecule has 0 aliphatic heterocycles. The van der Waals surface area contributed by atoms with Gasteiger partial charge in [-0.3, -0.25) is 0 Å². The van der Waals surface area contributed by atoms with E-state index in [1.54, 1.807) is 0 Å². The number of aliphatic hydroxyl groups is 1. The summed E-state index contributed by atoms with van der Waals surface area (Å²) in [6.45, 7) is 8.74. The Morgan fingerprint density at radius 2 is 1.57 bits per heavy atom. The van der Waals surface area contributed by atoms with Crippen LogP contribution in [0.25, 0.3) is 0 Å². The van der Waals surface area contributed by atoms with E-state index in [1.807, 2.05) is 0 Å². The molecule has 2 rings (SSSR count). The van der Waals surface area contributed by atoms with Crippen LogP contribution in [0.15, 0.2) is 48.5 Å². The van der Waals surface area contributed by atoms with E-state index in [-0.39, 0.29) is 5.41 Å². The number of hydrogen-bond acceptors (Lipinski definition) is 1. The quantitative estimate of drug-likeness (QED) is 0.840. The van der Waals surface area contributed by atoms with Crippen molar-refractivity contribution in [2.75, 3.05) is 0 Å². The summed E-state index contributed by atoms with van der Waals surface area (Å²) in [5.41, 5.74) is 5.09. The van der Waals surface area contributed by atoms with Gasteiger partial charge in [0.1, 0.15) is 0 Å². The number of rotatable bonds is 4. The van der Waals surface area contributed by atoms with E-state index in [2.05, 4.69) is 76.2 Å². The highest BCUT2D eigenvalue weighted by molar-refractivity contribution is 5.29. The Kier molecular flexibility index (Phi) is 4.84. The normalized spacial score (nSPS) is 13.2. The number of benzene rings is 2. The molecule has 112 valence electrons. The van der Waals surface area contributed by atoms with Gasteiger partial charge in [-0.2, -0.15) is 0 Å². The van der Waals surface area contributed by atoms with Crippen LogP contribution in [0.4, 0.5) is 0 Å². The second-order valence-corrected chi connectivity index (χ2v) is 6.85. The Balaban J connectivity index is 2.01. The van der Waals surface area contributed by atoms with E-state index in [9.17, 15) is 5.11 Å². The molecular weight excluding hydrogens is 256 g/mol. The third-order valence-corrected chi connectivity index (χ3v) is 4.11. The predicted octanol–water partition coefficient (Wildman–Crippen LogP) is 4.96. The van der Waals surface area contributed by atoms with Crippen molar-refractivity contribution < 1.29 is 5.11 Å². The standard InChI is InChI=1S/C20H26O/c1-15-7-5-6-8-16(15)11-14-19(21)17-9-12-18(13-10-17)20(2,3)4/h5-10,12-13,19,21H,11,14H2,1-4H3. The van der Waals surface area contributed by atoms with Gasteiger partial charge >= 0.3 is 0 Å². The molecule has 1 N–H and O–H groups in total. The molecule has 0 saturated heterocycles. The van der Waals surface area contributed by atoms with E-state index in [1.165, 1.54) is 16.7 Å². The van der Waals surface area contributed by atoms with Gasteiger partial charge in [-0.1, -0.05) is 69.3 Å². The van der Waals surface area contributed by atoms with Gasteiger partial charge in [-0.15, -0.1) is 0 Å². The first-order valence-corrected chi connectivity index (χ1v) is 7.71. The highest BCUT2D eigenvalue weighted by Gasteiger charge is 2.14. The fraction of sp³-hybridized carbons (Fsp3) is 0.400. The molecule has 0 fully saturated rings. The van der Waals surface area contributed by atoms with E-state index in [0.29, 0.717) is 0 Å². The van der Waals surface area contributed by atoms with Gasteiger partial charge in [-0.05, 0) is 47.4 Å². The molecule has 0 amide bonds. The van der Waals surface area contributed by atoms with Gasteiger partial charge in [-0.25, -0.2) is 0 Å². The molecule has 0 radical (unpaired) electrons. The smallest absolute Gasteiger partial charge is 0.0793 e. The molecule has 0 spiro atoms. The summed E-state index contributed by atoms with van der Waals surface area (Å²) in [6, 6.07) is 16.8. The maximum atomic E-state index is 10.4. The van der Waals surface area contributed by atoms with Crippen LogP contribution in [0.5, 0.6) is 0 Å². The molecule has 0 aliphatic carbocycles. The Morgan fingerprint density at radius 1 is 0.952 bits per heavy atom. The maximum absolute atomic E-state index is 10.4. The highest BCUT2D eigenvalue weighted by Crippen LogP contribution is 2.25. The van der Waals surface area contributed by atoms with Crippen LogP contribution < -0.4 is 0 Å². The molecule has 1 nitrogen and oxygen atoms in total. The largest absolute Gasteiger partial charge is 0.388 e. The van der Waals surface area contributed by atoms with Crippen LogP contribution in [-0.2, 0) is 11.8 Å². The second kappa shape index (κ2) is 6.44. The van der Waals surface area contributed by atoms with Crippen molar-refractivity contribution in [3.63, 3.8) is 0 Å². The average Bonchev–Trinajstić information content (AvgIpc) is 2.45. The number of aliphatic hydroxyl groups excluding tert-OH is 1. The molecule has 21 heavy (non-hydrogen) atoms. The third kappa shape index (κ3) is 4.18. The van der Waals surface area contributed by atoms with Crippen molar-refractivity contribution in [1.82, 2.24) is 0 Å². The Bertz CT molecular complexity index is 576. The first-order valence-electron chi connectivity index (χ1n) is 7.71. The SMILES string of the molecule is Cc1ccccc1CCC(O)c1ccc(C(C)(C)C)cc1. The number of aryl methyl sites for hydroxylation is 2. The summed E-state index contributed by atoms with van der Waals surface area (Å²) in [6.07, 6.45) is 1.29. The summed E-state index contributed by atoms with van der Waals surface area (Å²) < 4.78 is 0. The van der Waals surface area contributed by atoms with Gasteiger partial charge in [0.05, 0.1) is 6.10 Å². The summed E-state index contributed by atoms with van der Waals surface area (Å²) in [7, 11) is 0. The number of hydrogen-bond donors (Lipinski definition) is 1. The molecule has 1 heteroatoms. The van der Waals surface area contributed by atoms with E-state index < -0.39 is 6.10 Å². The van der Waals surface area contributed by atoms with Crippen molar-refractivity contribution in [2.24, 2.45) is 0 Å². The Hall–Kier alpha value is -1.60. The molecule has 0 bridgehead atoms. The lowest BCUT2D eigenvalue weighted by molar-refractivity contribution is 0.167.